The monoisotopic (exact) mass is 374 g/mol. The molecule has 27 heavy (non-hydrogen) atoms. The fraction of sp³-hybridized carbons (Fsp3) is 0.0909. The number of nitrogens with one attached hydrogen (secondary N) is 1. The predicted octanol–water partition coefficient (Wildman–Crippen LogP) is 5.96. The number of nitrogens with zero attached hydrogens (tertiary/aromatic N) is 1. The average molecular weight is 374 g/mol. The molecule has 4 nitrogen and oxygen atoms in total. The molecule has 4 rings (SSSR count). The van der Waals surface area contributed by atoms with E-state index in [1.54, 1.807) is 12.1 Å². The first-order valence-electron chi connectivity index (χ1n) is 8.62. The molecule has 0 saturated carbocycles. The van der Waals surface area contributed by atoms with Crippen LogP contribution >= 0.6 is 11.3 Å². The second-order valence-corrected chi connectivity index (χ2v) is 7.27. The lowest BCUT2D eigenvalue weighted by Crippen LogP contribution is -2.12. The van der Waals surface area contributed by atoms with Gasteiger partial charge in [-0.2, -0.15) is 0 Å². The Morgan fingerprint density at radius 1 is 0.963 bits per heavy atom. The molecular formula is C22H18N2O2S. The van der Waals surface area contributed by atoms with Gasteiger partial charge in [-0.3, -0.25) is 10.1 Å². The van der Waals surface area contributed by atoms with Gasteiger partial charge in [-0.15, -0.1) is 0 Å². The Balaban J connectivity index is 1.61. The first-order valence-corrected chi connectivity index (χ1v) is 9.43. The lowest BCUT2D eigenvalue weighted by atomic mass is 10.1. The summed E-state index contributed by atoms with van der Waals surface area (Å²) in [6.07, 6.45) is 0. The average Bonchev–Trinajstić information content (AvgIpc) is 3.09. The molecule has 0 bridgehead atoms. The van der Waals surface area contributed by atoms with E-state index in [4.69, 9.17) is 4.74 Å². The second kappa shape index (κ2) is 7.21. The number of aryl methyl sites for hydroxylation is 2. The van der Waals surface area contributed by atoms with Gasteiger partial charge in [0.2, 0.25) is 0 Å². The Bertz CT molecular complexity index is 1120. The molecule has 0 spiro atoms. The van der Waals surface area contributed by atoms with Gasteiger partial charge in [0.1, 0.15) is 11.5 Å². The highest BCUT2D eigenvalue weighted by molar-refractivity contribution is 7.22. The van der Waals surface area contributed by atoms with Crippen LogP contribution in [-0.2, 0) is 0 Å². The molecule has 4 aromatic rings. The molecule has 1 heterocycles. The quantitative estimate of drug-likeness (QED) is 0.480. The molecule has 0 unspecified atom stereocenters. The third-order valence-corrected chi connectivity index (χ3v) is 5.34. The molecular weight excluding hydrogens is 356 g/mol. The number of hydrogen-bond donors (Lipinski definition) is 1. The molecule has 0 aliphatic heterocycles. The van der Waals surface area contributed by atoms with Gasteiger partial charge in [-0.1, -0.05) is 47.7 Å². The summed E-state index contributed by atoms with van der Waals surface area (Å²) in [6, 6.07) is 20.7. The largest absolute Gasteiger partial charge is 0.457 e. The normalized spacial score (nSPS) is 10.7. The van der Waals surface area contributed by atoms with Crippen molar-refractivity contribution in [2.24, 2.45) is 0 Å². The molecule has 0 radical (unpaired) electrons. The summed E-state index contributed by atoms with van der Waals surface area (Å²) in [6.45, 7) is 4.11. The van der Waals surface area contributed by atoms with Gasteiger partial charge < -0.3 is 4.74 Å². The van der Waals surface area contributed by atoms with E-state index in [0.29, 0.717) is 22.2 Å². The third kappa shape index (κ3) is 3.55. The van der Waals surface area contributed by atoms with E-state index in [2.05, 4.69) is 23.3 Å². The highest BCUT2D eigenvalue weighted by Crippen LogP contribution is 2.31. The smallest absolute Gasteiger partial charge is 0.261 e. The van der Waals surface area contributed by atoms with Gasteiger partial charge in [-0.05, 0) is 55.3 Å². The highest BCUT2D eigenvalue weighted by atomic mass is 32.1. The molecule has 1 N–H and O–H groups in total. The fourth-order valence-corrected chi connectivity index (χ4v) is 3.72. The molecule has 0 aliphatic carbocycles. The van der Waals surface area contributed by atoms with Crippen LogP contribution in [0.15, 0.2) is 66.7 Å². The van der Waals surface area contributed by atoms with Crippen molar-refractivity contribution in [3.63, 3.8) is 0 Å². The van der Waals surface area contributed by atoms with Crippen molar-refractivity contribution in [1.29, 1.82) is 0 Å². The predicted molar refractivity (Wildman–Crippen MR) is 110 cm³/mol. The lowest BCUT2D eigenvalue weighted by molar-refractivity contribution is 0.102. The van der Waals surface area contributed by atoms with Crippen molar-refractivity contribution in [2.45, 2.75) is 13.8 Å². The van der Waals surface area contributed by atoms with Crippen LogP contribution in [0.4, 0.5) is 5.13 Å². The summed E-state index contributed by atoms with van der Waals surface area (Å²) in [5, 5.41) is 3.49. The Morgan fingerprint density at radius 3 is 2.52 bits per heavy atom. The molecule has 0 atom stereocenters. The topological polar surface area (TPSA) is 51.2 Å². The molecule has 1 amide bonds. The summed E-state index contributed by atoms with van der Waals surface area (Å²) < 4.78 is 6.94. The van der Waals surface area contributed by atoms with Crippen LogP contribution in [0.3, 0.4) is 0 Å². The van der Waals surface area contributed by atoms with Crippen molar-refractivity contribution < 1.29 is 9.53 Å². The molecule has 3 aromatic carbocycles. The summed E-state index contributed by atoms with van der Waals surface area (Å²) in [7, 11) is 0. The second-order valence-electron chi connectivity index (χ2n) is 6.24. The number of fused-ring (bicyclic) bond motifs is 1. The van der Waals surface area contributed by atoms with Crippen LogP contribution in [0.5, 0.6) is 11.5 Å². The summed E-state index contributed by atoms with van der Waals surface area (Å²) in [5.74, 6) is 0.952. The number of carbonyl (C=O) groups excluding carboxylic acids is 1. The van der Waals surface area contributed by atoms with Crippen molar-refractivity contribution in [3.05, 3.63) is 83.4 Å². The zero-order valence-electron chi connectivity index (χ0n) is 15.0. The first kappa shape index (κ1) is 17.2. The maximum absolute atomic E-state index is 12.8. The van der Waals surface area contributed by atoms with Crippen LogP contribution in [0.1, 0.15) is 21.5 Å². The molecule has 1 aromatic heterocycles. The van der Waals surface area contributed by atoms with Crippen LogP contribution < -0.4 is 10.1 Å². The van der Waals surface area contributed by atoms with E-state index in [1.807, 2.05) is 55.5 Å². The standard InChI is InChI=1S/C22H18N2O2S/c1-14-12-13-19-20(15(14)2)23-22(27-19)24-21(25)17-10-6-7-11-18(17)26-16-8-4-3-5-9-16/h3-13H,1-2H3,(H,23,24,25). The zero-order valence-corrected chi connectivity index (χ0v) is 15.8. The molecule has 0 fully saturated rings. The molecule has 0 saturated heterocycles. The maximum Gasteiger partial charge on any atom is 0.261 e. The number of ether oxygens (including phenoxy) is 1. The van der Waals surface area contributed by atoms with E-state index in [9.17, 15) is 4.79 Å². The summed E-state index contributed by atoms with van der Waals surface area (Å²) in [5.41, 5.74) is 3.72. The number of benzene rings is 3. The van der Waals surface area contributed by atoms with Gasteiger partial charge in [0, 0.05) is 0 Å². The Hall–Kier alpha value is -3.18. The molecule has 134 valence electrons. The number of anilines is 1. The highest BCUT2D eigenvalue weighted by Gasteiger charge is 2.16. The van der Waals surface area contributed by atoms with Crippen molar-refractivity contribution in [2.75, 3.05) is 5.32 Å². The van der Waals surface area contributed by atoms with Gasteiger partial charge in [0.15, 0.2) is 5.13 Å². The Labute approximate surface area is 161 Å². The van der Waals surface area contributed by atoms with Crippen molar-refractivity contribution in [3.8, 4) is 11.5 Å². The first-order chi connectivity index (χ1) is 13.1. The Morgan fingerprint density at radius 2 is 1.70 bits per heavy atom. The van der Waals surface area contributed by atoms with Crippen LogP contribution in [-0.4, -0.2) is 10.9 Å². The minimum Gasteiger partial charge on any atom is -0.457 e. The van der Waals surface area contributed by atoms with E-state index in [0.717, 1.165) is 15.8 Å². The number of carbonyl (C=O) groups is 1. The fourth-order valence-electron chi connectivity index (χ4n) is 2.80. The number of rotatable bonds is 4. The third-order valence-electron chi connectivity index (χ3n) is 4.41. The maximum atomic E-state index is 12.8. The Kier molecular flexibility index (Phi) is 4.60. The van der Waals surface area contributed by atoms with Crippen molar-refractivity contribution >= 4 is 32.6 Å². The number of hydrogen-bond acceptors (Lipinski definition) is 4. The van der Waals surface area contributed by atoms with Gasteiger partial charge in [0.05, 0.1) is 15.8 Å². The van der Waals surface area contributed by atoms with Crippen LogP contribution in [0.2, 0.25) is 0 Å². The van der Waals surface area contributed by atoms with E-state index in [1.165, 1.54) is 16.9 Å². The van der Waals surface area contributed by atoms with Gasteiger partial charge in [-0.25, -0.2) is 4.98 Å². The van der Waals surface area contributed by atoms with Crippen LogP contribution in [0.25, 0.3) is 10.2 Å². The minimum absolute atomic E-state index is 0.241. The summed E-state index contributed by atoms with van der Waals surface area (Å²) in [4.78, 5) is 17.4. The number of thiazole rings is 1. The number of amides is 1. The molecule has 5 heteroatoms. The van der Waals surface area contributed by atoms with E-state index >= 15 is 0 Å². The minimum atomic E-state index is -0.241. The molecule has 0 aliphatic rings. The van der Waals surface area contributed by atoms with E-state index in [-0.39, 0.29) is 5.91 Å². The SMILES string of the molecule is Cc1ccc2sc(NC(=O)c3ccccc3Oc3ccccc3)nc2c1C. The van der Waals surface area contributed by atoms with Gasteiger partial charge >= 0.3 is 0 Å². The number of aromatic nitrogens is 1. The van der Waals surface area contributed by atoms with E-state index < -0.39 is 0 Å². The van der Waals surface area contributed by atoms with Crippen LogP contribution in [0, 0.1) is 13.8 Å². The van der Waals surface area contributed by atoms with Crippen molar-refractivity contribution in [1.82, 2.24) is 4.98 Å². The zero-order chi connectivity index (χ0) is 18.8. The number of para-hydroxylation sites is 2. The summed E-state index contributed by atoms with van der Waals surface area (Å²) >= 11 is 1.47. The lowest BCUT2D eigenvalue weighted by Gasteiger charge is -2.10. The van der Waals surface area contributed by atoms with Gasteiger partial charge in [0.25, 0.3) is 5.91 Å².